The lowest BCUT2D eigenvalue weighted by molar-refractivity contribution is 0.0487. The van der Waals surface area contributed by atoms with E-state index in [-0.39, 0.29) is 0 Å². The number of nitrogens with zero attached hydrogens (tertiary/aromatic N) is 3. The predicted molar refractivity (Wildman–Crippen MR) is 91.4 cm³/mol. The lowest BCUT2D eigenvalue weighted by Gasteiger charge is -2.09. The third-order valence-electron chi connectivity index (χ3n) is 4.43. The highest BCUT2D eigenvalue weighted by Gasteiger charge is 2.30. The molecule has 0 fully saturated rings. The minimum absolute atomic E-state index is 0.291. The normalized spacial score (nSPS) is 12.6. The molecule has 3 heterocycles. The zero-order valence-electron chi connectivity index (χ0n) is 14.3. The molecule has 1 aliphatic carbocycles. The van der Waals surface area contributed by atoms with E-state index in [0.717, 1.165) is 41.1 Å². The highest BCUT2D eigenvalue weighted by Crippen LogP contribution is 2.38. The van der Waals surface area contributed by atoms with E-state index in [4.69, 9.17) is 14.3 Å². The average Bonchev–Trinajstić information content (AvgIpc) is 3.16. The summed E-state index contributed by atoms with van der Waals surface area (Å²) in [7, 11) is 0. The van der Waals surface area contributed by atoms with Crippen molar-refractivity contribution in [2.75, 3.05) is 6.61 Å². The van der Waals surface area contributed by atoms with E-state index in [1.165, 1.54) is 5.56 Å². The Balaban J connectivity index is 1.70. The fourth-order valence-corrected chi connectivity index (χ4v) is 3.29. The smallest absolute Gasteiger partial charge is 0.374 e. The van der Waals surface area contributed by atoms with Crippen LogP contribution in [0.1, 0.15) is 40.1 Å². The topological polar surface area (TPSA) is 70.2 Å². The molecule has 0 radical (unpaired) electrons. The molecule has 0 saturated carbocycles. The van der Waals surface area contributed by atoms with Crippen LogP contribution >= 0.6 is 0 Å². The minimum atomic E-state index is -0.413. The van der Waals surface area contributed by atoms with Gasteiger partial charge in [-0.1, -0.05) is 6.07 Å². The number of esters is 1. The minimum Gasteiger partial charge on any atom is -0.460 e. The summed E-state index contributed by atoms with van der Waals surface area (Å²) in [5, 5.41) is 4.73. The van der Waals surface area contributed by atoms with Gasteiger partial charge in [0.1, 0.15) is 5.76 Å². The van der Waals surface area contributed by atoms with Gasteiger partial charge in [-0.15, -0.1) is 0 Å². The van der Waals surface area contributed by atoms with Gasteiger partial charge in [0.15, 0.2) is 0 Å². The van der Waals surface area contributed by atoms with Crippen LogP contribution in [0.5, 0.6) is 0 Å². The Morgan fingerprint density at radius 2 is 2.24 bits per heavy atom. The predicted octanol–water partition coefficient (Wildman–Crippen LogP) is 3.17. The Morgan fingerprint density at radius 3 is 3.00 bits per heavy atom. The Morgan fingerprint density at radius 1 is 1.36 bits per heavy atom. The van der Waals surface area contributed by atoms with Gasteiger partial charge < -0.3 is 9.15 Å². The van der Waals surface area contributed by atoms with E-state index in [2.05, 4.69) is 11.2 Å². The summed E-state index contributed by atoms with van der Waals surface area (Å²) < 4.78 is 12.8. The molecule has 6 heteroatoms. The van der Waals surface area contributed by atoms with Crippen LogP contribution in [-0.4, -0.2) is 27.3 Å². The monoisotopic (exact) mass is 337 g/mol. The summed E-state index contributed by atoms with van der Waals surface area (Å²) in [4.78, 5) is 16.4. The van der Waals surface area contributed by atoms with Crippen LogP contribution in [0.25, 0.3) is 11.3 Å². The van der Waals surface area contributed by atoms with Crippen molar-refractivity contribution in [2.45, 2.75) is 33.2 Å². The van der Waals surface area contributed by atoms with Crippen molar-refractivity contribution in [1.29, 1.82) is 0 Å². The number of rotatable bonds is 4. The van der Waals surface area contributed by atoms with Crippen LogP contribution in [0, 0.1) is 6.92 Å². The van der Waals surface area contributed by atoms with Crippen molar-refractivity contribution >= 4 is 5.97 Å². The molecule has 6 nitrogen and oxygen atoms in total. The fraction of sp³-hybridized carbons (Fsp3) is 0.316. The number of carbonyl (C=O) groups is 1. The van der Waals surface area contributed by atoms with E-state index >= 15 is 0 Å². The molecule has 0 aromatic carbocycles. The molecule has 128 valence electrons. The zero-order valence-corrected chi connectivity index (χ0v) is 14.3. The molecule has 4 rings (SSSR count). The van der Waals surface area contributed by atoms with Gasteiger partial charge in [0.2, 0.25) is 5.76 Å². The molecule has 3 aromatic rings. The van der Waals surface area contributed by atoms with Crippen LogP contribution in [-0.2, 0) is 24.1 Å². The fourth-order valence-electron chi connectivity index (χ4n) is 3.29. The van der Waals surface area contributed by atoms with Gasteiger partial charge in [0.25, 0.3) is 0 Å². The molecular formula is C19H19N3O3. The van der Waals surface area contributed by atoms with Gasteiger partial charge >= 0.3 is 5.97 Å². The number of hydrogen-bond acceptors (Lipinski definition) is 5. The molecular weight excluding hydrogens is 318 g/mol. The largest absolute Gasteiger partial charge is 0.460 e. The standard InChI is InChI=1S/C19H19N3O3/c1-3-24-19(23)18-12(2)16-15(25-18)8-7-13-10-22(21-17(13)16)11-14-6-4-5-9-20-14/h4-6,9-10H,3,7-8,11H2,1-2H3. The molecule has 0 bridgehead atoms. The first-order valence-corrected chi connectivity index (χ1v) is 8.43. The lowest BCUT2D eigenvalue weighted by Crippen LogP contribution is -2.05. The first kappa shape index (κ1) is 15.6. The summed E-state index contributed by atoms with van der Waals surface area (Å²) in [5.41, 5.74) is 4.76. The molecule has 25 heavy (non-hydrogen) atoms. The summed E-state index contributed by atoms with van der Waals surface area (Å²) in [6.07, 6.45) is 5.45. The third kappa shape index (κ3) is 2.73. The summed E-state index contributed by atoms with van der Waals surface area (Å²) in [6.45, 7) is 4.62. The van der Waals surface area contributed by atoms with Crippen molar-refractivity contribution in [3.8, 4) is 11.3 Å². The van der Waals surface area contributed by atoms with E-state index in [0.29, 0.717) is 18.9 Å². The Labute approximate surface area is 145 Å². The van der Waals surface area contributed by atoms with Crippen LogP contribution in [0.4, 0.5) is 0 Å². The Hall–Kier alpha value is -2.89. The number of carbonyl (C=O) groups excluding carboxylic acids is 1. The molecule has 0 unspecified atom stereocenters. The van der Waals surface area contributed by atoms with Crippen molar-refractivity contribution in [1.82, 2.24) is 14.8 Å². The number of pyridine rings is 1. The number of aromatic nitrogens is 3. The van der Waals surface area contributed by atoms with Gasteiger partial charge in [0, 0.05) is 29.9 Å². The van der Waals surface area contributed by atoms with Crippen molar-refractivity contribution in [2.24, 2.45) is 0 Å². The molecule has 0 amide bonds. The van der Waals surface area contributed by atoms with Gasteiger partial charge in [-0.2, -0.15) is 5.10 Å². The summed E-state index contributed by atoms with van der Waals surface area (Å²) >= 11 is 0. The van der Waals surface area contributed by atoms with Crippen molar-refractivity contribution in [3.05, 3.63) is 58.9 Å². The molecule has 0 spiro atoms. The van der Waals surface area contributed by atoms with Gasteiger partial charge in [-0.05, 0) is 38.0 Å². The quantitative estimate of drug-likeness (QED) is 0.684. The third-order valence-corrected chi connectivity index (χ3v) is 4.43. The summed E-state index contributed by atoms with van der Waals surface area (Å²) in [6, 6.07) is 5.85. The van der Waals surface area contributed by atoms with Crippen LogP contribution in [0.15, 0.2) is 35.0 Å². The van der Waals surface area contributed by atoms with Crippen LogP contribution in [0.3, 0.4) is 0 Å². The maximum absolute atomic E-state index is 12.1. The van der Waals surface area contributed by atoms with Crippen LogP contribution in [0.2, 0.25) is 0 Å². The van der Waals surface area contributed by atoms with Gasteiger partial charge in [-0.3, -0.25) is 9.67 Å². The van der Waals surface area contributed by atoms with Crippen molar-refractivity contribution in [3.63, 3.8) is 0 Å². The maximum atomic E-state index is 12.1. The number of aryl methyl sites for hydroxylation is 2. The van der Waals surface area contributed by atoms with Gasteiger partial charge in [-0.25, -0.2) is 4.79 Å². The molecule has 3 aromatic heterocycles. The van der Waals surface area contributed by atoms with E-state index < -0.39 is 5.97 Å². The highest BCUT2D eigenvalue weighted by atomic mass is 16.5. The molecule has 1 aliphatic rings. The Kier molecular flexibility index (Phi) is 3.87. The lowest BCUT2D eigenvalue weighted by atomic mass is 9.94. The second kappa shape index (κ2) is 6.20. The molecule has 0 N–H and O–H groups in total. The number of ether oxygens (including phenoxy) is 1. The second-order valence-corrected chi connectivity index (χ2v) is 6.10. The van der Waals surface area contributed by atoms with E-state index in [1.54, 1.807) is 13.1 Å². The maximum Gasteiger partial charge on any atom is 0.374 e. The molecule has 0 atom stereocenters. The zero-order chi connectivity index (χ0) is 17.4. The number of fused-ring (bicyclic) bond motifs is 3. The van der Waals surface area contributed by atoms with E-state index in [1.807, 2.05) is 29.8 Å². The van der Waals surface area contributed by atoms with Crippen molar-refractivity contribution < 1.29 is 13.9 Å². The second-order valence-electron chi connectivity index (χ2n) is 6.10. The average molecular weight is 337 g/mol. The Bertz CT molecular complexity index is 925. The summed E-state index contributed by atoms with van der Waals surface area (Å²) in [5.74, 6) is 0.694. The van der Waals surface area contributed by atoms with Gasteiger partial charge in [0.05, 0.1) is 24.5 Å². The number of hydrogen-bond donors (Lipinski definition) is 0. The van der Waals surface area contributed by atoms with Crippen LogP contribution < -0.4 is 0 Å². The molecule has 0 aliphatic heterocycles. The molecule has 0 saturated heterocycles. The SMILES string of the molecule is CCOC(=O)c1oc2c(c1C)-c1nn(Cc3ccccn3)cc1CC2. The number of furan rings is 1. The first-order valence-electron chi connectivity index (χ1n) is 8.43. The highest BCUT2D eigenvalue weighted by molar-refractivity contribution is 5.91. The van der Waals surface area contributed by atoms with E-state index in [9.17, 15) is 4.79 Å². The first-order chi connectivity index (χ1) is 12.2.